The van der Waals surface area contributed by atoms with E-state index < -0.39 is 0 Å². The number of carbonyl (C=O) groups excluding carboxylic acids is 1. The van der Waals surface area contributed by atoms with Crippen molar-refractivity contribution in [1.82, 2.24) is 0 Å². The first-order chi connectivity index (χ1) is 10.2. The summed E-state index contributed by atoms with van der Waals surface area (Å²) in [5, 5.41) is 3.31. The Morgan fingerprint density at radius 2 is 2.05 bits per heavy atom. The van der Waals surface area contributed by atoms with Crippen molar-refractivity contribution < 1.29 is 9.53 Å². The molecule has 0 aliphatic heterocycles. The third kappa shape index (κ3) is 4.65. The molecule has 2 aromatic carbocycles. The minimum atomic E-state index is -0.231. The van der Waals surface area contributed by atoms with Crippen molar-refractivity contribution >= 4 is 23.2 Å². The van der Waals surface area contributed by atoms with Crippen molar-refractivity contribution in [3.05, 3.63) is 71.8 Å². The molecule has 1 N–H and O–H groups in total. The fraction of sp³-hybridized carbons (Fsp3) is 0.118. The van der Waals surface area contributed by atoms with Crippen molar-refractivity contribution in [3.63, 3.8) is 0 Å². The van der Waals surface area contributed by atoms with Crippen LogP contribution in [0.4, 0.5) is 5.69 Å². The molecular weight excluding hydrogens is 286 g/mol. The highest BCUT2D eigenvalue weighted by Crippen LogP contribution is 2.19. The van der Waals surface area contributed by atoms with E-state index in [1.54, 1.807) is 30.3 Å². The van der Waals surface area contributed by atoms with E-state index in [9.17, 15) is 4.79 Å². The van der Waals surface area contributed by atoms with Crippen molar-refractivity contribution in [2.24, 2.45) is 0 Å². The van der Waals surface area contributed by atoms with Crippen LogP contribution in [0.15, 0.2) is 61.2 Å². The van der Waals surface area contributed by atoms with Gasteiger partial charge in [-0.2, -0.15) is 0 Å². The quantitative estimate of drug-likeness (QED) is 0.816. The fourth-order valence-corrected chi connectivity index (χ4v) is 2.07. The van der Waals surface area contributed by atoms with Gasteiger partial charge in [0.1, 0.15) is 5.75 Å². The zero-order chi connectivity index (χ0) is 15.1. The summed E-state index contributed by atoms with van der Waals surface area (Å²) in [4.78, 5) is 11.9. The molecule has 0 saturated carbocycles. The average molecular weight is 302 g/mol. The van der Waals surface area contributed by atoms with E-state index in [1.165, 1.54) is 0 Å². The number of rotatable bonds is 6. The lowest BCUT2D eigenvalue weighted by Crippen LogP contribution is -2.20. The van der Waals surface area contributed by atoms with Gasteiger partial charge in [-0.3, -0.25) is 4.79 Å². The molecule has 4 heteroatoms. The summed E-state index contributed by atoms with van der Waals surface area (Å²) in [6.07, 6.45) is 2.50. The Labute approximate surface area is 129 Å². The number of halogens is 1. The molecule has 1 amide bonds. The Morgan fingerprint density at radius 3 is 2.81 bits per heavy atom. The SMILES string of the molecule is C=CCc1ccccc1OCC(=O)Nc1cccc(Cl)c1. The first-order valence-electron chi connectivity index (χ1n) is 6.56. The van der Waals surface area contributed by atoms with Crippen LogP contribution in [-0.4, -0.2) is 12.5 Å². The second kappa shape index (κ2) is 7.50. The molecule has 3 nitrogen and oxygen atoms in total. The number of carbonyl (C=O) groups is 1. The molecule has 108 valence electrons. The molecule has 0 bridgehead atoms. The Hall–Kier alpha value is -2.26. The monoisotopic (exact) mass is 301 g/mol. The summed E-state index contributed by atoms with van der Waals surface area (Å²) < 4.78 is 5.56. The summed E-state index contributed by atoms with van der Waals surface area (Å²) in [7, 11) is 0. The standard InChI is InChI=1S/C17H16ClNO2/c1-2-6-13-7-3-4-10-16(13)21-12-17(20)19-15-9-5-8-14(18)11-15/h2-5,7-11H,1,6,12H2,(H,19,20). The maximum absolute atomic E-state index is 11.9. The topological polar surface area (TPSA) is 38.3 Å². The number of nitrogens with one attached hydrogen (secondary N) is 1. The molecule has 2 rings (SSSR count). The maximum atomic E-state index is 11.9. The number of para-hydroxylation sites is 1. The molecule has 0 radical (unpaired) electrons. The first kappa shape index (κ1) is 15.1. The minimum Gasteiger partial charge on any atom is -0.483 e. The molecule has 2 aromatic rings. The first-order valence-corrected chi connectivity index (χ1v) is 6.94. The second-order valence-corrected chi connectivity index (χ2v) is 4.88. The number of anilines is 1. The molecule has 0 atom stereocenters. The van der Waals surface area contributed by atoms with Crippen LogP contribution >= 0.6 is 11.6 Å². The van der Waals surface area contributed by atoms with E-state index in [0.29, 0.717) is 22.9 Å². The van der Waals surface area contributed by atoms with Gasteiger partial charge in [0.05, 0.1) is 0 Å². The zero-order valence-corrected chi connectivity index (χ0v) is 12.3. The largest absolute Gasteiger partial charge is 0.483 e. The van der Waals surface area contributed by atoms with Gasteiger partial charge in [-0.15, -0.1) is 6.58 Å². The molecule has 0 aromatic heterocycles. The molecular formula is C17H16ClNO2. The van der Waals surface area contributed by atoms with E-state index in [2.05, 4.69) is 11.9 Å². The van der Waals surface area contributed by atoms with Gasteiger partial charge >= 0.3 is 0 Å². The van der Waals surface area contributed by atoms with Crippen molar-refractivity contribution in [2.75, 3.05) is 11.9 Å². The Balaban J connectivity index is 1.94. The Morgan fingerprint density at radius 1 is 1.24 bits per heavy atom. The lowest BCUT2D eigenvalue weighted by Gasteiger charge is -2.10. The molecule has 0 unspecified atom stereocenters. The van der Waals surface area contributed by atoms with Gasteiger partial charge in [-0.1, -0.05) is 41.9 Å². The highest BCUT2D eigenvalue weighted by Gasteiger charge is 2.06. The summed E-state index contributed by atoms with van der Waals surface area (Å²) in [5.41, 5.74) is 1.65. The van der Waals surface area contributed by atoms with Crippen LogP contribution in [0, 0.1) is 0 Å². The van der Waals surface area contributed by atoms with Crippen molar-refractivity contribution in [3.8, 4) is 5.75 Å². The van der Waals surface area contributed by atoms with E-state index in [-0.39, 0.29) is 12.5 Å². The summed E-state index contributed by atoms with van der Waals surface area (Å²) in [6.45, 7) is 3.65. The zero-order valence-electron chi connectivity index (χ0n) is 11.5. The predicted octanol–water partition coefficient (Wildman–Crippen LogP) is 4.09. The summed E-state index contributed by atoms with van der Waals surface area (Å²) in [5.74, 6) is 0.462. The molecule has 21 heavy (non-hydrogen) atoms. The van der Waals surface area contributed by atoms with E-state index in [1.807, 2.05) is 24.3 Å². The van der Waals surface area contributed by atoms with Crippen LogP contribution in [0.1, 0.15) is 5.56 Å². The number of hydrogen-bond donors (Lipinski definition) is 1. The third-order valence-corrected chi connectivity index (χ3v) is 3.04. The number of amides is 1. The van der Waals surface area contributed by atoms with E-state index >= 15 is 0 Å². The molecule has 0 aliphatic rings. The number of hydrogen-bond acceptors (Lipinski definition) is 2. The van der Waals surface area contributed by atoms with Crippen molar-refractivity contribution in [2.45, 2.75) is 6.42 Å². The minimum absolute atomic E-state index is 0.0549. The fourth-order valence-electron chi connectivity index (χ4n) is 1.88. The highest BCUT2D eigenvalue weighted by molar-refractivity contribution is 6.30. The normalized spacial score (nSPS) is 9.95. The van der Waals surface area contributed by atoms with Crippen molar-refractivity contribution in [1.29, 1.82) is 0 Å². The molecule has 0 heterocycles. The molecule has 0 fully saturated rings. The molecule has 0 spiro atoms. The van der Waals surface area contributed by atoms with Crippen LogP contribution < -0.4 is 10.1 Å². The Bertz CT molecular complexity index is 640. The average Bonchev–Trinajstić information content (AvgIpc) is 2.47. The van der Waals surface area contributed by atoms with Crippen LogP contribution in [0.5, 0.6) is 5.75 Å². The van der Waals surface area contributed by atoms with Crippen LogP contribution in [0.2, 0.25) is 5.02 Å². The molecule has 0 saturated heterocycles. The highest BCUT2D eigenvalue weighted by atomic mass is 35.5. The lowest BCUT2D eigenvalue weighted by molar-refractivity contribution is -0.118. The number of ether oxygens (including phenoxy) is 1. The third-order valence-electron chi connectivity index (χ3n) is 2.80. The van der Waals surface area contributed by atoms with Gasteiger partial charge in [-0.25, -0.2) is 0 Å². The molecule has 0 aliphatic carbocycles. The number of benzene rings is 2. The maximum Gasteiger partial charge on any atom is 0.262 e. The Kier molecular flexibility index (Phi) is 5.41. The van der Waals surface area contributed by atoms with E-state index in [4.69, 9.17) is 16.3 Å². The van der Waals surface area contributed by atoms with Crippen LogP contribution in [0.25, 0.3) is 0 Å². The van der Waals surface area contributed by atoms with Gasteiger partial charge in [-0.05, 0) is 36.2 Å². The van der Waals surface area contributed by atoms with Crippen LogP contribution in [-0.2, 0) is 11.2 Å². The summed E-state index contributed by atoms with van der Waals surface area (Å²) in [6, 6.07) is 14.6. The van der Waals surface area contributed by atoms with Gasteiger partial charge in [0.25, 0.3) is 5.91 Å². The van der Waals surface area contributed by atoms with Crippen LogP contribution in [0.3, 0.4) is 0 Å². The lowest BCUT2D eigenvalue weighted by atomic mass is 10.1. The van der Waals surface area contributed by atoms with Gasteiger partial charge in [0, 0.05) is 10.7 Å². The van der Waals surface area contributed by atoms with E-state index in [0.717, 1.165) is 5.56 Å². The van der Waals surface area contributed by atoms with Gasteiger partial charge in [0.15, 0.2) is 6.61 Å². The predicted molar refractivity (Wildman–Crippen MR) is 85.9 cm³/mol. The smallest absolute Gasteiger partial charge is 0.262 e. The van der Waals surface area contributed by atoms with Gasteiger partial charge < -0.3 is 10.1 Å². The number of allylic oxidation sites excluding steroid dienone is 1. The summed E-state index contributed by atoms with van der Waals surface area (Å²) >= 11 is 5.86. The second-order valence-electron chi connectivity index (χ2n) is 4.45. The van der Waals surface area contributed by atoms with Gasteiger partial charge in [0.2, 0.25) is 0 Å².